The predicted octanol–water partition coefficient (Wildman–Crippen LogP) is 3.83. The zero-order valence-electron chi connectivity index (χ0n) is 12.6. The van der Waals surface area contributed by atoms with E-state index >= 15 is 0 Å². The van der Waals surface area contributed by atoms with Crippen molar-refractivity contribution >= 4 is 11.6 Å². The second-order valence-electron chi connectivity index (χ2n) is 5.64. The van der Waals surface area contributed by atoms with Crippen molar-refractivity contribution in [3.63, 3.8) is 0 Å². The maximum atomic E-state index is 6.38. The summed E-state index contributed by atoms with van der Waals surface area (Å²) in [5.74, 6) is 1.56. The Balaban J connectivity index is 2.60. The van der Waals surface area contributed by atoms with Gasteiger partial charge in [-0.2, -0.15) is 0 Å². The van der Waals surface area contributed by atoms with Crippen LogP contribution in [0.1, 0.15) is 43.2 Å². The van der Waals surface area contributed by atoms with Crippen LogP contribution in [0, 0.1) is 6.92 Å². The van der Waals surface area contributed by atoms with E-state index in [1.807, 2.05) is 13.0 Å². The van der Waals surface area contributed by atoms with Gasteiger partial charge in [0.05, 0.1) is 19.2 Å². The van der Waals surface area contributed by atoms with Crippen molar-refractivity contribution in [2.75, 3.05) is 20.8 Å². The molecule has 0 aliphatic heterocycles. The van der Waals surface area contributed by atoms with E-state index in [4.69, 9.17) is 26.8 Å². The minimum Gasteiger partial charge on any atom is -0.496 e. The molecule has 1 fully saturated rings. The number of halogens is 1. The van der Waals surface area contributed by atoms with Crippen LogP contribution in [0.25, 0.3) is 0 Å². The third-order valence-electron chi connectivity index (χ3n) is 4.59. The Morgan fingerprint density at radius 1 is 1.15 bits per heavy atom. The average Bonchev–Trinajstić information content (AvgIpc) is 2.48. The summed E-state index contributed by atoms with van der Waals surface area (Å²) in [5, 5.41) is 0.638. The number of methoxy groups -OCH3 is 2. The van der Waals surface area contributed by atoms with Crippen molar-refractivity contribution in [1.29, 1.82) is 0 Å². The van der Waals surface area contributed by atoms with Crippen molar-refractivity contribution in [3.8, 4) is 11.5 Å². The van der Waals surface area contributed by atoms with Gasteiger partial charge in [-0.25, -0.2) is 0 Å². The number of hydrogen-bond donors (Lipinski definition) is 1. The Morgan fingerprint density at radius 3 is 2.25 bits per heavy atom. The predicted molar refractivity (Wildman–Crippen MR) is 83.1 cm³/mol. The van der Waals surface area contributed by atoms with Crippen molar-refractivity contribution < 1.29 is 9.47 Å². The first-order chi connectivity index (χ1) is 9.59. The van der Waals surface area contributed by atoms with Crippen LogP contribution in [-0.4, -0.2) is 20.8 Å². The minimum absolute atomic E-state index is 0.00966. The Labute approximate surface area is 126 Å². The van der Waals surface area contributed by atoms with Gasteiger partial charge in [-0.1, -0.05) is 30.9 Å². The highest BCUT2D eigenvalue weighted by molar-refractivity contribution is 6.32. The molecular formula is C16H24ClNO2. The Morgan fingerprint density at radius 2 is 1.75 bits per heavy atom. The van der Waals surface area contributed by atoms with Crippen molar-refractivity contribution in [2.45, 2.75) is 44.4 Å². The summed E-state index contributed by atoms with van der Waals surface area (Å²) in [6.07, 6.45) is 5.91. The third kappa shape index (κ3) is 2.49. The highest BCUT2D eigenvalue weighted by atomic mass is 35.5. The molecule has 0 saturated heterocycles. The molecule has 0 atom stereocenters. The molecule has 1 aromatic carbocycles. The molecule has 2 N–H and O–H groups in total. The molecular weight excluding hydrogens is 274 g/mol. The van der Waals surface area contributed by atoms with Crippen molar-refractivity contribution in [1.82, 2.24) is 0 Å². The maximum absolute atomic E-state index is 6.38. The molecule has 0 radical (unpaired) electrons. The number of nitrogens with two attached hydrogens (primary N) is 1. The number of ether oxygens (including phenoxy) is 2. The quantitative estimate of drug-likeness (QED) is 0.918. The molecule has 0 amide bonds. The highest BCUT2D eigenvalue weighted by Gasteiger charge is 2.36. The van der Waals surface area contributed by atoms with E-state index in [0.717, 1.165) is 29.7 Å². The summed E-state index contributed by atoms with van der Waals surface area (Å²) in [4.78, 5) is 0. The van der Waals surface area contributed by atoms with Gasteiger partial charge in [-0.05, 0) is 25.8 Å². The fourth-order valence-electron chi connectivity index (χ4n) is 3.46. The van der Waals surface area contributed by atoms with Gasteiger partial charge in [0.2, 0.25) is 0 Å². The molecule has 20 heavy (non-hydrogen) atoms. The molecule has 1 aliphatic rings. The number of benzene rings is 1. The van der Waals surface area contributed by atoms with Gasteiger partial charge in [0.15, 0.2) is 0 Å². The zero-order valence-corrected chi connectivity index (χ0v) is 13.3. The lowest BCUT2D eigenvalue weighted by Gasteiger charge is -2.38. The Kier molecular flexibility index (Phi) is 4.82. The molecule has 4 heteroatoms. The molecule has 3 nitrogen and oxygen atoms in total. The Hall–Kier alpha value is -0.930. The SMILES string of the molecule is COc1c(Cl)cc(C2(CN)CCCCC2)c(OC)c1C. The van der Waals surface area contributed by atoms with Gasteiger partial charge in [-0.15, -0.1) is 0 Å². The van der Waals surface area contributed by atoms with E-state index < -0.39 is 0 Å². The monoisotopic (exact) mass is 297 g/mol. The van der Waals surface area contributed by atoms with Crippen LogP contribution in [0.4, 0.5) is 0 Å². The van der Waals surface area contributed by atoms with Gasteiger partial charge in [0, 0.05) is 23.1 Å². The van der Waals surface area contributed by atoms with Gasteiger partial charge < -0.3 is 15.2 Å². The lowest BCUT2D eigenvalue weighted by molar-refractivity contribution is 0.286. The van der Waals surface area contributed by atoms with E-state index in [2.05, 4.69) is 0 Å². The first-order valence-electron chi connectivity index (χ1n) is 7.21. The topological polar surface area (TPSA) is 44.5 Å². The van der Waals surface area contributed by atoms with Gasteiger partial charge >= 0.3 is 0 Å². The summed E-state index contributed by atoms with van der Waals surface area (Å²) >= 11 is 6.38. The Bertz CT molecular complexity index is 482. The largest absolute Gasteiger partial charge is 0.496 e. The van der Waals surface area contributed by atoms with E-state index in [9.17, 15) is 0 Å². The molecule has 0 heterocycles. The molecule has 0 aromatic heterocycles. The van der Waals surface area contributed by atoms with Crippen LogP contribution in [0.5, 0.6) is 11.5 Å². The molecule has 0 unspecified atom stereocenters. The van der Waals surface area contributed by atoms with E-state index in [1.54, 1.807) is 14.2 Å². The van der Waals surface area contributed by atoms with E-state index in [1.165, 1.54) is 19.3 Å². The molecule has 1 saturated carbocycles. The normalized spacial score (nSPS) is 17.9. The van der Waals surface area contributed by atoms with Gasteiger partial charge in [0.25, 0.3) is 0 Å². The van der Waals surface area contributed by atoms with Gasteiger partial charge in [-0.3, -0.25) is 0 Å². The zero-order chi connectivity index (χ0) is 14.8. The van der Waals surface area contributed by atoms with Gasteiger partial charge in [0.1, 0.15) is 11.5 Å². The van der Waals surface area contributed by atoms with Crippen LogP contribution in [0.3, 0.4) is 0 Å². The van der Waals surface area contributed by atoms with Crippen LogP contribution < -0.4 is 15.2 Å². The van der Waals surface area contributed by atoms with Crippen LogP contribution in [-0.2, 0) is 5.41 Å². The van der Waals surface area contributed by atoms with Crippen LogP contribution in [0.2, 0.25) is 5.02 Å². The summed E-state index contributed by atoms with van der Waals surface area (Å²) in [6, 6.07) is 1.99. The van der Waals surface area contributed by atoms with Crippen molar-refractivity contribution in [3.05, 3.63) is 22.2 Å². The summed E-state index contributed by atoms with van der Waals surface area (Å²) in [6.45, 7) is 2.62. The smallest absolute Gasteiger partial charge is 0.144 e. The highest BCUT2D eigenvalue weighted by Crippen LogP contribution is 2.47. The number of hydrogen-bond acceptors (Lipinski definition) is 3. The lowest BCUT2D eigenvalue weighted by Crippen LogP contribution is -2.37. The maximum Gasteiger partial charge on any atom is 0.144 e. The number of rotatable bonds is 4. The summed E-state index contributed by atoms with van der Waals surface area (Å²) < 4.78 is 11.0. The van der Waals surface area contributed by atoms with E-state index in [-0.39, 0.29) is 5.41 Å². The first-order valence-corrected chi connectivity index (χ1v) is 7.59. The minimum atomic E-state index is -0.00966. The first kappa shape index (κ1) is 15.5. The average molecular weight is 298 g/mol. The molecule has 0 spiro atoms. The molecule has 2 rings (SSSR count). The summed E-state index contributed by atoms with van der Waals surface area (Å²) in [5.41, 5.74) is 8.22. The lowest BCUT2D eigenvalue weighted by atomic mass is 9.69. The van der Waals surface area contributed by atoms with Crippen LogP contribution >= 0.6 is 11.6 Å². The molecule has 1 aromatic rings. The second kappa shape index (κ2) is 6.23. The molecule has 0 bridgehead atoms. The van der Waals surface area contributed by atoms with Crippen molar-refractivity contribution in [2.24, 2.45) is 5.73 Å². The molecule has 112 valence electrons. The van der Waals surface area contributed by atoms with E-state index in [0.29, 0.717) is 17.3 Å². The fourth-order valence-corrected chi connectivity index (χ4v) is 3.79. The third-order valence-corrected chi connectivity index (χ3v) is 4.88. The fraction of sp³-hybridized carbons (Fsp3) is 0.625. The summed E-state index contributed by atoms with van der Waals surface area (Å²) in [7, 11) is 3.33. The standard InChI is InChI=1S/C16H24ClNO2/c1-11-14(19-2)12(9-13(17)15(11)20-3)16(10-18)7-5-4-6-8-16/h9H,4-8,10,18H2,1-3H3. The van der Waals surface area contributed by atoms with Crippen LogP contribution in [0.15, 0.2) is 6.07 Å². The second-order valence-corrected chi connectivity index (χ2v) is 6.05. The molecule has 1 aliphatic carbocycles.